The number of aryl methyl sites for hydroxylation is 2. The number of carbonyl (C=O) groups excluding carboxylic acids is 1. The fraction of sp³-hybridized carbons (Fsp3) is 0.364. The predicted molar refractivity (Wildman–Crippen MR) is 118 cm³/mol. The molecule has 9 heteroatoms. The number of carbonyl (C=O) groups is 2. The van der Waals surface area contributed by atoms with Gasteiger partial charge in [0.25, 0.3) is 0 Å². The summed E-state index contributed by atoms with van der Waals surface area (Å²) in [5.74, 6) is -2.08. The van der Waals surface area contributed by atoms with Crippen molar-refractivity contribution in [2.45, 2.75) is 38.6 Å². The van der Waals surface area contributed by atoms with E-state index in [4.69, 9.17) is 0 Å². The van der Waals surface area contributed by atoms with Crippen LogP contribution in [0.3, 0.4) is 0 Å². The number of benzene rings is 1. The standard InChI is InChI=1S/C22H26N4O4S/c1-14-25-20(12-31-14)16-7-5-15(6-8-16)3-2-4-17(9-21(28)29)22(30)26-19(11-27)18-10-23-13-24-18/h5-8,10,12-13,17,19,27H,2-4,9,11H2,1H3,(H,23,24)(H,26,30)(H,28,29)/t17-,19-/m1/s1. The Morgan fingerprint density at radius 3 is 2.61 bits per heavy atom. The lowest BCUT2D eigenvalue weighted by atomic mass is 9.95. The number of H-pyrrole nitrogens is 1. The molecule has 1 aromatic carbocycles. The average molecular weight is 443 g/mol. The number of hydrogen-bond acceptors (Lipinski definition) is 6. The number of hydrogen-bond donors (Lipinski definition) is 4. The zero-order valence-corrected chi connectivity index (χ0v) is 18.1. The number of aliphatic hydroxyl groups excluding tert-OH is 1. The number of aliphatic hydroxyl groups is 1. The van der Waals surface area contributed by atoms with Crippen molar-refractivity contribution in [3.63, 3.8) is 0 Å². The van der Waals surface area contributed by atoms with Crippen LogP contribution in [0.5, 0.6) is 0 Å². The Morgan fingerprint density at radius 2 is 2.03 bits per heavy atom. The Kier molecular flexibility index (Phi) is 7.91. The molecule has 0 aliphatic heterocycles. The molecule has 0 unspecified atom stereocenters. The maximum atomic E-state index is 12.7. The number of imidazole rings is 1. The number of aromatic amines is 1. The van der Waals surface area contributed by atoms with E-state index in [0.717, 1.165) is 28.2 Å². The molecule has 0 saturated carbocycles. The molecule has 2 aromatic heterocycles. The Bertz CT molecular complexity index is 985. The molecule has 1 amide bonds. The Balaban J connectivity index is 1.55. The smallest absolute Gasteiger partial charge is 0.304 e. The second-order valence-electron chi connectivity index (χ2n) is 7.39. The van der Waals surface area contributed by atoms with Crippen LogP contribution in [0.2, 0.25) is 0 Å². The number of amides is 1. The second kappa shape index (κ2) is 10.8. The lowest BCUT2D eigenvalue weighted by Gasteiger charge is -2.20. The molecule has 2 heterocycles. The molecular formula is C22H26N4O4S. The fourth-order valence-corrected chi connectivity index (χ4v) is 4.02. The Morgan fingerprint density at radius 1 is 1.26 bits per heavy atom. The van der Waals surface area contributed by atoms with Crippen molar-refractivity contribution in [3.8, 4) is 11.3 Å². The number of rotatable bonds is 11. The molecular weight excluding hydrogens is 416 g/mol. The SMILES string of the molecule is Cc1nc(-c2ccc(CCC[C@H](CC(=O)O)C(=O)N[C@H](CO)c3cnc[nH]3)cc2)cs1. The molecule has 0 saturated heterocycles. The van der Waals surface area contributed by atoms with Gasteiger partial charge >= 0.3 is 5.97 Å². The zero-order valence-electron chi connectivity index (χ0n) is 17.2. The van der Waals surface area contributed by atoms with Gasteiger partial charge in [0, 0.05) is 16.9 Å². The first-order chi connectivity index (χ1) is 15.0. The monoisotopic (exact) mass is 442 g/mol. The van der Waals surface area contributed by atoms with Crippen molar-refractivity contribution >= 4 is 23.2 Å². The van der Waals surface area contributed by atoms with Gasteiger partial charge in [-0.1, -0.05) is 24.3 Å². The maximum absolute atomic E-state index is 12.7. The van der Waals surface area contributed by atoms with Crippen molar-refractivity contribution in [1.29, 1.82) is 0 Å². The molecule has 8 nitrogen and oxygen atoms in total. The van der Waals surface area contributed by atoms with Crippen LogP contribution in [0.25, 0.3) is 11.3 Å². The molecule has 164 valence electrons. The van der Waals surface area contributed by atoms with Crippen molar-refractivity contribution in [2.75, 3.05) is 6.61 Å². The van der Waals surface area contributed by atoms with E-state index in [1.165, 1.54) is 12.5 Å². The third-order valence-corrected chi connectivity index (χ3v) is 5.85. The summed E-state index contributed by atoms with van der Waals surface area (Å²) in [6.07, 6.45) is 4.57. The normalized spacial score (nSPS) is 13.0. The summed E-state index contributed by atoms with van der Waals surface area (Å²) in [4.78, 5) is 35.1. The fourth-order valence-electron chi connectivity index (χ4n) is 3.40. The van der Waals surface area contributed by atoms with Gasteiger partial charge in [0.05, 0.1) is 48.0 Å². The lowest BCUT2D eigenvalue weighted by Crippen LogP contribution is -2.36. The van der Waals surface area contributed by atoms with Crippen molar-refractivity contribution in [2.24, 2.45) is 5.92 Å². The molecule has 0 spiro atoms. The van der Waals surface area contributed by atoms with Crippen LogP contribution in [0.1, 0.15) is 41.6 Å². The van der Waals surface area contributed by atoms with Crippen LogP contribution in [-0.2, 0) is 16.0 Å². The van der Waals surface area contributed by atoms with Gasteiger partial charge < -0.3 is 20.5 Å². The Labute approximate surface area is 184 Å². The minimum atomic E-state index is -1.02. The quantitative estimate of drug-likeness (QED) is 0.361. The van der Waals surface area contributed by atoms with Crippen LogP contribution in [-0.4, -0.2) is 43.6 Å². The highest BCUT2D eigenvalue weighted by atomic mass is 32.1. The third-order valence-electron chi connectivity index (χ3n) is 5.07. The van der Waals surface area contributed by atoms with E-state index < -0.39 is 17.9 Å². The molecule has 31 heavy (non-hydrogen) atoms. The van der Waals surface area contributed by atoms with E-state index >= 15 is 0 Å². The van der Waals surface area contributed by atoms with Crippen molar-refractivity contribution < 1.29 is 19.8 Å². The molecule has 0 radical (unpaired) electrons. The van der Waals surface area contributed by atoms with Gasteiger partial charge in [0.15, 0.2) is 0 Å². The summed E-state index contributed by atoms with van der Waals surface area (Å²) < 4.78 is 0. The van der Waals surface area contributed by atoms with E-state index in [2.05, 4.69) is 20.3 Å². The number of aliphatic carboxylic acids is 1. The van der Waals surface area contributed by atoms with Gasteiger partial charge in [-0.3, -0.25) is 9.59 Å². The summed E-state index contributed by atoms with van der Waals surface area (Å²) in [7, 11) is 0. The minimum Gasteiger partial charge on any atom is -0.481 e. The largest absolute Gasteiger partial charge is 0.481 e. The number of thiazole rings is 1. The number of aromatic nitrogens is 3. The average Bonchev–Trinajstić information content (AvgIpc) is 3.43. The molecule has 4 N–H and O–H groups in total. The third kappa shape index (κ3) is 6.47. The zero-order chi connectivity index (χ0) is 22.2. The van der Waals surface area contributed by atoms with Crippen molar-refractivity contribution in [3.05, 3.63) is 58.4 Å². The maximum Gasteiger partial charge on any atom is 0.304 e. The van der Waals surface area contributed by atoms with E-state index in [-0.39, 0.29) is 18.9 Å². The number of nitrogens with one attached hydrogen (secondary N) is 2. The predicted octanol–water partition coefficient (Wildman–Crippen LogP) is 3.11. The first kappa shape index (κ1) is 22.6. The van der Waals surface area contributed by atoms with Gasteiger partial charge in [0.1, 0.15) is 0 Å². The van der Waals surface area contributed by atoms with Gasteiger partial charge in [-0.2, -0.15) is 0 Å². The molecule has 0 aliphatic rings. The topological polar surface area (TPSA) is 128 Å². The van der Waals surface area contributed by atoms with Gasteiger partial charge in [-0.15, -0.1) is 11.3 Å². The molecule has 0 bridgehead atoms. The van der Waals surface area contributed by atoms with Crippen LogP contribution in [0, 0.1) is 12.8 Å². The van der Waals surface area contributed by atoms with Crippen LogP contribution >= 0.6 is 11.3 Å². The molecule has 2 atom stereocenters. The van der Waals surface area contributed by atoms with Crippen LogP contribution < -0.4 is 5.32 Å². The second-order valence-corrected chi connectivity index (χ2v) is 8.45. The van der Waals surface area contributed by atoms with Crippen molar-refractivity contribution in [1.82, 2.24) is 20.3 Å². The Hall–Kier alpha value is -3.04. The van der Waals surface area contributed by atoms with Crippen LogP contribution in [0.4, 0.5) is 0 Å². The van der Waals surface area contributed by atoms with Gasteiger partial charge in [-0.25, -0.2) is 9.97 Å². The van der Waals surface area contributed by atoms with Gasteiger partial charge in [0.2, 0.25) is 5.91 Å². The van der Waals surface area contributed by atoms with Crippen LogP contribution in [0.15, 0.2) is 42.2 Å². The van der Waals surface area contributed by atoms with E-state index in [1.54, 1.807) is 11.3 Å². The minimum absolute atomic E-state index is 0.255. The highest BCUT2D eigenvalue weighted by molar-refractivity contribution is 7.09. The molecule has 0 fully saturated rings. The van der Waals surface area contributed by atoms with E-state index in [9.17, 15) is 19.8 Å². The molecule has 3 aromatic rings. The number of nitrogens with zero attached hydrogens (tertiary/aromatic N) is 2. The molecule has 3 rings (SSSR count). The van der Waals surface area contributed by atoms with E-state index in [1.807, 2.05) is 36.6 Å². The highest BCUT2D eigenvalue weighted by Crippen LogP contribution is 2.23. The summed E-state index contributed by atoms with van der Waals surface area (Å²) in [5.41, 5.74) is 3.71. The van der Waals surface area contributed by atoms with Gasteiger partial charge in [-0.05, 0) is 31.7 Å². The number of carboxylic acid groups (broad SMARTS) is 1. The first-order valence-corrected chi connectivity index (χ1v) is 11.0. The summed E-state index contributed by atoms with van der Waals surface area (Å²) >= 11 is 1.61. The highest BCUT2D eigenvalue weighted by Gasteiger charge is 2.24. The van der Waals surface area contributed by atoms with E-state index in [0.29, 0.717) is 18.5 Å². The lowest BCUT2D eigenvalue weighted by molar-refractivity contribution is -0.141. The number of carboxylic acids is 1. The summed E-state index contributed by atoms with van der Waals surface area (Å²) in [6.45, 7) is 1.67. The first-order valence-electron chi connectivity index (χ1n) is 10.1. The summed E-state index contributed by atoms with van der Waals surface area (Å²) in [5, 5.41) is 24.6. The summed E-state index contributed by atoms with van der Waals surface area (Å²) in [6, 6.07) is 7.49. The molecule has 0 aliphatic carbocycles.